The molecule has 0 aromatic carbocycles. The first-order chi connectivity index (χ1) is 5.38. The molecule has 56 valence electrons. The van der Waals surface area contributed by atoms with E-state index in [2.05, 4.69) is 10.3 Å². The number of aliphatic imine (C=N–C) groups is 1. The van der Waals surface area contributed by atoms with E-state index in [1.807, 2.05) is 12.3 Å². The molecule has 0 saturated carbocycles. The third-order valence-electron chi connectivity index (χ3n) is 1.73. The summed E-state index contributed by atoms with van der Waals surface area (Å²) in [6, 6.07) is 0. The van der Waals surface area contributed by atoms with Crippen molar-refractivity contribution in [2.45, 2.75) is 6.42 Å². The molecule has 0 aromatic rings. The van der Waals surface area contributed by atoms with Crippen molar-refractivity contribution in [2.24, 2.45) is 4.99 Å². The van der Waals surface area contributed by atoms with Gasteiger partial charge >= 0.3 is 0 Å². The average Bonchev–Trinajstić information content (AvgIpc) is 2.55. The number of ketones is 1. The van der Waals surface area contributed by atoms with Gasteiger partial charge in [-0.1, -0.05) is 6.08 Å². The molecule has 0 amide bonds. The highest BCUT2D eigenvalue weighted by atomic mass is 16.1. The summed E-state index contributed by atoms with van der Waals surface area (Å²) in [4.78, 5) is 15.2. The summed E-state index contributed by atoms with van der Waals surface area (Å²) in [6.07, 6.45) is 6.34. The fraction of sp³-hybridized carbons (Fsp3) is 0.250. The second-order valence-electron chi connectivity index (χ2n) is 2.50. The van der Waals surface area contributed by atoms with Gasteiger partial charge in [0.05, 0.1) is 17.8 Å². The van der Waals surface area contributed by atoms with Crippen LogP contribution in [0.15, 0.2) is 28.5 Å². The molecule has 2 aliphatic rings. The number of hydrogen-bond acceptors (Lipinski definition) is 3. The minimum atomic E-state index is 0.135. The highest BCUT2D eigenvalue weighted by Crippen LogP contribution is 2.18. The van der Waals surface area contributed by atoms with Gasteiger partial charge in [0.25, 0.3) is 0 Å². The predicted molar refractivity (Wildman–Crippen MR) is 42.3 cm³/mol. The fourth-order valence-corrected chi connectivity index (χ4v) is 1.19. The molecule has 0 spiro atoms. The Kier molecular flexibility index (Phi) is 1.35. The molecule has 2 aliphatic heterocycles. The first-order valence-corrected chi connectivity index (χ1v) is 3.58. The average molecular weight is 148 g/mol. The Labute approximate surface area is 64.5 Å². The van der Waals surface area contributed by atoms with Crippen LogP contribution in [-0.2, 0) is 4.79 Å². The number of carbonyl (C=O) groups excluding carboxylic acids is 1. The zero-order chi connectivity index (χ0) is 7.68. The van der Waals surface area contributed by atoms with Crippen molar-refractivity contribution in [1.82, 2.24) is 5.32 Å². The maximum Gasteiger partial charge on any atom is 0.185 e. The molecule has 0 radical (unpaired) electrons. The SMILES string of the molecule is O=C1CNC=C1C1=CCC=N1. The van der Waals surface area contributed by atoms with Gasteiger partial charge in [-0.2, -0.15) is 0 Å². The second-order valence-corrected chi connectivity index (χ2v) is 2.50. The van der Waals surface area contributed by atoms with Crippen LogP contribution in [0, 0.1) is 0 Å². The maximum absolute atomic E-state index is 11.1. The molecule has 1 N–H and O–H groups in total. The standard InChI is InChI=1S/C8H8N2O/c11-8-5-9-4-6(8)7-2-1-3-10-7/h2-4,9H,1,5H2. The van der Waals surface area contributed by atoms with E-state index < -0.39 is 0 Å². The number of allylic oxidation sites excluding steroid dienone is 2. The Balaban J connectivity index is 2.28. The van der Waals surface area contributed by atoms with Crippen LogP contribution < -0.4 is 5.32 Å². The van der Waals surface area contributed by atoms with Gasteiger partial charge in [-0.15, -0.1) is 0 Å². The van der Waals surface area contributed by atoms with Crippen molar-refractivity contribution in [2.75, 3.05) is 6.54 Å². The molecule has 0 fully saturated rings. The summed E-state index contributed by atoms with van der Waals surface area (Å²) in [5.41, 5.74) is 1.54. The number of carbonyl (C=O) groups is 1. The molecule has 0 aliphatic carbocycles. The van der Waals surface area contributed by atoms with E-state index in [0.29, 0.717) is 6.54 Å². The summed E-state index contributed by atoms with van der Waals surface area (Å²) in [5.74, 6) is 0.135. The van der Waals surface area contributed by atoms with Gasteiger partial charge in [0.15, 0.2) is 5.78 Å². The van der Waals surface area contributed by atoms with E-state index >= 15 is 0 Å². The van der Waals surface area contributed by atoms with Crippen LogP contribution in [0.4, 0.5) is 0 Å². The van der Waals surface area contributed by atoms with E-state index in [4.69, 9.17) is 0 Å². The summed E-state index contributed by atoms with van der Waals surface area (Å²) < 4.78 is 0. The lowest BCUT2D eigenvalue weighted by Gasteiger charge is -1.93. The maximum atomic E-state index is 11.1. The molecule has 0 saturated heterocycles. The highest BCUT2D eigenvalue weighted by molar-refractivity contribution is 6.03. The minimum Gasteiger partial charge on any atom is -0.383 e. The van der Waals surface area contributed by atoms with Crippen molar-refractivity contribution in [3.8, 4) is 0 Å². The number of Topliss-reactive ketones (excluding diaryl/α,β-unsaturated/α-hetero) is 1. The van der Waals surface area contributed by atoms with Gasteiger partial charge in [-0.05, 0) is 0 Å². The quantitative estimate of drug-likeness (QED) is 0.584. The lowest BCUT2D eigenvalue weighted by molar-refractivity contribution is -0.113. The molecule has 3 nitrogen and oxygen atoms in total. The van der Waals surface area contributed by atoms with E-state index in [1.165, 1.54) is 0 Å². The zero-order valence-corrected chi connectivity index (χ0v) is 6.00. The summed E-state index contributed by atoms with van der Waals surface area (Å²) in [6.45, 7) is 0.419. The lowest BCUT2D eigenvalue weighted by Crippen LogP contribution is -2.08. The molecular weight excluding hydrogens is 140 g/mol. The molecule has 2 rings (SSSR count). The number of rotatable bonds is 1. The Morgan fingerprint density at radius 3 is 3.00 bits per heavy atom. The Hall–Kier alpha value is -1.38. The fourth-order valence-electron chi connectivity index (χ4n) is 1.19. The van der Waals surface area contributed by atoms with Crippen LogP contribution in [0.2, 0.25) is 0 Å². The van der Waals surface area contributed by atoms with E-state index in [-0.39, 0.29) is 5.78 Å². The summed E-state index contributed by atoms with van der Waals surface area (Å²) >= 11 is 0. The molecule has 11 heavy (non-hydrogen) atoms. The van der Waals surface area contributed by atoms with Crippen LogP contribution in [0.3, 0.4) is 0 Å². The van der Waals surface area contributed by atoms with Crippen molar-refractivity contribution >= 4 is 12.0 Å². The van der Waals surface area contributed by atoms with Gasteiger partial charge < -0.3 is 5.32 Å². The number of nitrogens with one attached hydrogen (secondary N) is 1. The van der Waals surface area contributed by atoms with Crippen molar-refractivity contribution < 1.29 is 4.79 Å². The Morgan fingerprint density at radius 2 is 2.45 bits per heavy atom. The van der Waals surface area contributed by atoms with E-state index in [0.717, 1.165) is 17.7 Å². The molecule has 3 heteroatoms. The van der Waals surface area contributed by atoms with Crippen LogP contribution >= 0.6 is 0 Å². The Bertz CT molecular complexity index is 286. The van der Waals surface area contributed by atoms with E-state index in [9.17, 15) is 4.79 Å². The van der Waals surface area contributed by atoms with Crippen LogP contribution in [-0.4, -0.2) is 18.5 Å². The molecular formula is C8H8N2O. The first-order valence-electron chi connectivity index (χ1n) is 3.58. The smallest absolute Gasteiger partial charge is 0.185 e. The second kappa shape index (κ2) is 2.34. The topological polar surface area (TPSA) is 41.5 Å². The minimum absolute atomic E-state index is 0.135. The third kappa shape index (κ3) is 0.981. The normalized spacial score (nSPS) is 21.6. The van der Waals surface area contributed by atoms with Crippen molar-refractivity contribution in [3.05, 3.63) is 23.5 Å². The molecule has 0 bridgehead atoms. The van der Waals surface area contributed by atoms with Crippen LogP contribution in [0.5, 0.6) is 0 Å². The first kappa shape index (κ1) is 6.34. The molecule has 0 atom stereocenters. The molecule has 2 heterocycles. The largest absolute Gasteiger partial charge is 0.383 e. The monoisotopic (exact) mass is 148 g/mol. The predicted octanol–water partition coefficient (Wildman–Crippen LogP) is 0.401. The van der Waals surface area contributed by atoms with E-state index in [1.54, 1.807) is 6.20 Å². The molecule has 0 aromatic heterocycles. The zero-order valence-electron chi connectivity index (χ0n) is 6.00. The van der Waals surface area contributed by atoms with Crippen molar-refractivity contribution in [3.63, 3.8) is 0 Å². The van der Waals surface area contributed by atoms with Crippen LogP contribution in [0.1, 0.15) is 6.42 Å². The Morgan fingerprint density at radius 1 is 1.55 bits per heavy atom. The van der Waals surface area contributed by atoms with Gasteiger partial charge in [-0.3, -0.25) is 9.79 Å². The lowest BCUT2D eigenvalue weighted by atomic mass is 10.1. The van der Waals surface area contributed by atoms with Gasteiger partial charge in [0.2, 0.25) is 0 Å². The summed E-state index contributed by atoms with van der Waals surface area (Å²) in [5, 5.41) is 2.87. The highest BCUT2D eigenvalue weighted by Gasteiger charge is 2.18. The third-order valence-corrected chi connectivity index (χ3v) is 1.73. The van der Waals surface area contributed by atoms with Crippen LogP contribution in [0.25, 0.3) is 0 Å². The number of nitrogens with zero attached hydrogens (tertiary/aromatic N) is 1. The van der Waals surface area contributed by atoms with Crippen molar-refractivity contribution in [1.29, 1.82) is 0 Å². The van der Waals surface area contributed by atoms with Gasteiger partial charge in [0.1, 0.15) is 0 Å². The van der Waals surface area contributed by atoms with Gasteiger partial charge in [0, 0.05) is 18.8 Å². The summed E-state index contributed by atoms with van der Waals surface area (Å²) in [7, 11) is 0. The number of hydrogen-bond donors (Lipinski definition) is 1. The molecule has 0 unspecified atom stereocenters. The van der Waals surface area contributed by atoms with Gasteiger partial charge in [-0.25, -0.2) is 0 Å².